The zero-order chi connectivity index (χ0) is 20.5. The van der Waals surface area contributed by atoms with Gasteiger partial charge >= 0.3 is 0 Å². The largest absolute Gasteiger partial charge is 0.497 e. The lowest BCUT2D eigenvalue weighted by Gasteiger charge is -2.08. The SMILES string of the molecule is COc1ccc(CCNC(=O)c2cccc(C(=O)NCc3cccnc3)n2)cc1. The molecule has 2 heterocycles. The van der Waals surface area contributed by atoms with Gasteiger partial charge < -0.3 is 15.4 Å². The Labute approximate surface area is 169 Å². The number of carbonyl (C=O) groups excluding carboxylic acids is 2. The van der Waals surface area contributed by atoms with Gasteiger partial charge in [0.2, 0.25) is 0 Å². The van der Waals surface area contributed by atoms with Crippen molar-refractivity contribution in [2.75, 3.05) is 13.7 Å². The first-order valence-electron chi connectivity index (χ1n) is 9.21. The van der Waals surface area contributed by atoms with Crippen LogP contribution in [0.5, 0.6) is 5.75 Å². The minimum Gasteiger partial charge on any atom is -0.497 e. The predicted molar refractivity (Wildman–Crippen MR) is 109 cm³/mol. The first-order valence-corrected chi connectivity index (χ1v) is 9.21. The summed E-state index contributed by atoms with van der Waals surface area (Å²) in [4.78, 5) is 32.8. The van der Waals surface area contributed by atoms with Gasteiger partial charge in [0.25, 0.3) is 11.8 Å². The molecular formula is C22H22N4O3. The number of amides is 2. The summed E-state index contributed by atoms with van der Waals surface area (Å²) < 4.78 is 5.13. The molecule has 0 spiro atoms. The van der Waals surface area contributed by atoms with Crippen LogP contribution in [0.3, 0.4) is 0 Å². The van der Waals surface area contributed by atoms with Crippen molar-refractivity contribution in [3.05, 3.63) is 89.5 Å². The number of aromatic nitrogens is 2. The van der Waals surface area contributed by atoms with Crippen LogP contribution in [0.15, 0.2) is 67.0 Å². The molecule has 0 bridgehead atoms. The fourth-order valence-electron chi connectivity index (χ4n) is 2.67. The summed E-state index contributed by atoms with van der Waals surface area (Å²) in [6.45, 7) is 0.802. The fraction of sp³-hybridized carbons (Fsp3) is 0.182. The van der Waals surface area contributed by atoms with E-state index in [-0.39, 0.29) is 23.2 Å². The quantitative estimate of drug-likeness (QED) is 0.616. The van der Waals surface area contributed by atoms with Gasteiger partial charge in [0.1, 0.15) is 17.1 Å². The molecule has 1 aromatic carbocycles. The van der Waals surface area contributed by atoms with E-state index in [0.29, 0.717) is 19.5 Å². The number of nitrogens with zero attached hydrogens (tertiary/aromatic N) is 2. The van der Waals surface area contributed by atoms with Crippen LogP contribution in [0.4, 0.5) is 0 Å². The minimum atomic E-state index is -0.346. The van der Waals surface area contributed by atoms with Crippen molar-refractivity contribution in [2.24, 2.45) is 0 Å². The van der Waals surface area contributed by atoms with E-state index < -0.39 is 0 Å². The van der Waals surface area contributed by atoms with Gasteiger partial charge in [-0.15, -0.1) is 0 Å². The molecule has 148 valence electrons. The summed E-state index contributed by atoms with van der Waals surface area (Å²) in [5.74, 6) is 0.128. The third-order valence-electron chi connectivity index (χ3n) is 4.25. The topological polar surface area (TPSA) is 93.2 Å². The van der Waals surface area contributed by atoms with E-state index in [1.54, 1.807) is 43.8 Å². The molecule has 0 saturated heterocycles. The van der Waals surface area contributed by atoms with E-state index in [1.165, 1.54) is 0 Å². The molecule has 0 fully saturated rings. The molecule has 29 heavy (non-hydrogen) atoms. The number of ether oxygens (including phenoxy) is 1. The van der Waals surface area contributed by atoms with Gasteiger partial charge in [-0.2, -0.15) is 0 Å². The van der Waals surface area contributed by atoms with Gasteiger partial charge in [-0.1, -0.05) is 24.3 Å². The van der Waals surface area contributed by atoms with Gasteiger partial charge in [0.15, 0.2) is 0 Å². The molecule has 3 rings (SSSR count). The highest BCUT2D eigenvalue weighted by atomic mass is 16.5. The Morgan fingerprint density at radius 2 is 1.62 bits per heavy atom. The van der Waals surface area contributed by atoms with Crippen LogP contribution in [0, 0.1) is 0 Å². The van der Waals surface area contributed by atoms with E-state index in [9.17, 15) is 9.59 Å². The summed E-state index contributed by atoms with van der Waals surface area (Å²) in [6.07, 6.45) is 4.03. The molecule has 0 atom stereocenters. The first-order chi connectivity index (χ1) is 14.2. The Balaban J connectivity index is 1.52. The number of rotatable bonds is 8. The third-order valence-corrected chi connectivity index (χ3v) is 4.25. The van der Waals surface area contributed by atoms with E-state index in [4.69, 9.17) is 4.74 Å². The smallest absolute Gasteiger partial charge is 0.270 e. The molecule has 3 aromatic rings. The molecule has 7 heteroatoms. The lowest BCUT2D eigenvalue weighted by molar-refractivity contribution is 0.0943. The maximum atomic E-state index is 12.4. The number of benzene rings is 1. The van der Waals surface area contributed by atoms with Gasteiger partial charge in [-0.25, -0.2) is 4.98 Å². The average molecular weight is 390 g/mol. The van der Waals surface area contributed by atoms with Crippen molar-refractivity contribution < 1.29 is 14.3 Å². The van der Waals surface area contributed by atoms with Crippen molar-refractivity contribution in [1.82, 2.24) is 20.6 Å². The lowest BCUT2D eigenvalue weighted by Crippen LogP contribution is -2.28. The molecule has 0 aliphatic rings. The molecule has 0 saturated carbocycles. The standard InChI is InChI=1S/C22H22N4O3/c1-29-18-9-7-16(8-10-18)11-13-24-21(27)19-5-2-6-20(26-19)22(28)25-15-17-4-3-12-23-14-17/h2-10,12,14H,11,13,15H2,1H3,(H,24,27)(H,25,28). The van der Waals surface area contributed by atoms with Gasteiger partial charge in [-0.3, -0.25) is 14.6 Å². The number of hydrogen-bond acceptors (Lipinski definition) is 5. The second-order valence-electron chi connectivity index (χ2n) is 6.31. The maximum Gasteiger partial charge on any atom is 0.270 e. The average Bonchev–Trinajstić information content (AvgIpc) is 2.78. The third kappa shape index (κ3) is 5.87. The maximum absolute atomic E-state index is 12.4. The number of hydrogen-bond donors (Lipinski definition) is 2. The van der Waals surface area contributed by atoms with Crippen molar-refractivity contribution >= 4 is 11.8 Å². The molecule has 2 aromatic heterocycles. The Hall–Kier alpha value is -3.74. The van der Waals surface area contributed by atoms with Crippen LogP contribution in [-0.2, 0) is 13.0 Å². The minimum absolute atomic E-state index is 0.191. The predicted octanol–water partition coefficient (Wildman–Crippen LogP) is 2.39. The Morgan fingerprint density at radius 1 is 0.897 bits per heavy atom. The highest BCUT2D eigenvalue weighted by molar-refractivity contribution is 5.96. The Bertz CT molecular complexity index is 959. The summed E-state index contributed by atoms with van der Waals surface area (Å²) in [6, 6.07) is 16.1. The highest BCUT2D eigenvalue weighted by Gasteiger charge is 2.12. The van der Waals surface area contributed by atoms with Crippen LogP contribution < -0.4 is 15.4 Å². The van der Waals surface area contributed by atoms with Gasteiger partial charge in [0.05, 0.1) is 7.11 Å². The Kier molecular flexibility index (Phi) is 6.89. The van der Waals surface area contributed by atoms with E-state index in [1.807, 2.05) is 30.3 Å². The second-order valence-corrected chi connectivity index (χ2v) is 6.31. The highest BCUT2D eigenvalue weighted by Crippen LogP contribution is 2.11. The summed E-state index contributed by atoms with van der Waals surface area (Å²) in [5, 5.41) is 5.60. The zero-order valence-electron chi connectivity index (χ0n) is 16.1. The molecular weight excluding hydrogens is 368 g/mol. The van der Waals surface area contributed by atoms with E-state index in [2.05, 4.69) is 20.6 Å². The summed E-state index contributed by atoms with van der Waals surface area (Å²) >= 11 is 0. The van der Waals surface area contributed by atoms with Crippen LogP contribution in [0.2, 0.25) is 0 Å². The van der Waals surface area contributed by atoms with E-state index >= 15 is 0 Å². The van der Waals surface area contributed by atoms with Gasteiger partial charge in [-0.05, 0) is 47.9 Å². The van der Waals surface area contributed by atoms with Crippen molar-refractivity contribution in [1.29, 1.82) is 0 Å². The number of nitrogens with one attached hydrogen (secondary N) is 2. The van der Waals surface area contributed by atoms with Crippen LogP contribution in [0.25, 0.3) is 0 Å². The summed E-state index contributed by atoms with van der Waals surface area (Å²) in [5.41, 5.74) is 2.36. The Morgan fingerprint density at radius 3 is 2.28 bits per heavy atom. The van der Waals surface area contributed by atoms with Crippen LogP contribution >= 0.6 is 0 Å². The molecule has 2 amide bonds. The zero-order valence-corrected chi connectivity index (χ0v) is 16.1. The lowest BCUT2D eigenvalue weighted by atomic mass is 10.1. The van der Waals surface area contributed by atoms with Gasteiger partial charge in [0, 0.05) is 25.5 Å². The van der Waals surface area contributed by atoms with Crippen LogP contribution in [0.1, 0.15) is 32.1 Å². The van der Waals surface area contributed by atoms with Crippen molar-refractivity contribution in [2.45, 2.75) is 13.0 Å². The normalized spacial score (nSPS) is 10.2. The summed E-state index contributed by atoms with van der Waals surface area (Å²) in [7, 11) is 1.62. The molecule has 0 radical (unpaired) electrons. The number of pyridine rings is 2. The molecule has 2 N–H and O–H groups in total. The number of methoxy groups -OCH3 is 1. The van der Waals surface area contributed by atoms with Crippen molar-refractivity contribution in [3.8, 4) is 5.75 Å². The van der Waals surface area contributed by atoms with Crippen LogP contribution in [-0.4, -0.2) is 35.4 Å². The monoisotopic (exact) mass is 390 g/mol. The number of carbonyl (C=O) groups is 2. The fourth-order valence-corrected chi connectivity index (χ4v) is 2.67. The molecule has 0 aliphatic heterocycles. The van der Waals surface area contributed by atoms with Crippen molar-refractivity contribution in [3.63, 3.8) is 0 Å². The molecule has 0 aliphatic carbocycles. The van der Waals surface area contributed by atoms with E-state index in [0.717, 1.165) is 16.9 Å². The molecule has 0 unspecified atom stereocenters. The molecule has 7 nitrogen and oxygen atoms in total. The second kappa shape index (κ2) is 9.98. The first kappa shape index (κ1) is 20.0.